The van der Waals surface area contributed by atoms with Gasteiger partial charge in [-0.3, -0.25) is 14.6 Å². The Balaban J connectivity index is 1.55. The number of rotatable bonds is 4. The van der Waals surface area contributed by atoms with Gasteiger partial charge in [-0.1, -0.05) is 48.5 Å². The Morgan fingerprint density at radius 1 is 1.08 bits per heavy atom. The number of likely N-dealkylation sites (tertiary alicyclic amines) is 1. The molecule has 1 aromatic heterocycles. The zero-order valence-corrected chi connectivity index (χ0v) is 14.3. The molecule has 5 heteroatoms. The summed E-state index contributed by atoms with van der Waals surface area (Å²) in [5.74, 6) is -0.144. The molecule has 2 amide bonds. The molecule has 3 aromatic rings. The van der Waals surface area contributed by atoms with E-state index in [-0.39, 0.29) is 11.8 Å². The summed E-state index contributed by atoms with van der Waals surface area (Å²) >= 11 is 0. The highest BCUT2D eigenvalue weighted by molar-refractivity contribution is 6.04. The van der Waals surface area contributed by atoms with Gasteiger partial charge < -0.3 is 10.2 Å². The van der Waals surface area contributed by atoms with Crippen molar-refractivity contribution in [2.75, 3.05) is 5.32 Å². The third kappa shape index (κ3) is 3.16. The monoisotopic (exact) mass is 345 g/mol. The van der Waals surface area contributed by atoms with Gasteiger partial charge in [-0.15, -0.1) is 0 Å². The van der Waals surface area contributed by atoms with Gasteiger partial charge in [0.15, 0.2) is 0 Å². The largest absolute Gasteiger partial charge is 0.326 e. The summed E-state index contributed by atoms with van der Waals surface area (Å²) in [5.41, 5.74) is 2.45. The van der Waals surface area contributed by atoms with Crippen LogP contribution in [0.2, 0.25) is 0 Å². The fourth-order valence-corrected chi connectivity index (χ4v) is 3.41. The maximum Gasteiger partial charge on any atom is 0.247 e. The van der Waals surface area contributed by atoms with Crippen molar-refractivity contribution in [1.82, 2.24) is 9.88 Å². The average Bonchev–Trinajstić information content (AvgIpc) is 3.03. The van der Waals surface area contributed by atoms with Crippen LogP contribution < -0.4 is 5.32 Å². The Morgan fingerprint density at radius 2 is 1.88 bits per heavy atom. The Bertz CT molecular complexity index is 950. The number of hydrogen-bond donors (Lipinski definition) is 1. The van der Waals surface area contributed by atoms with E-state index in [2.05, 4.69) is 10.3 Å². The topological polar surface area (TPSA) is 62.3 Å². The molecule has 2 aromatic carbocycles. The van der Waals surface area contributed by atoms with Crippen molar-refractivity contribution in [2.45, 2.75) is 25.4 Å². The number of pyridine rings is 1. The zero-order valence-electron chi connectivity index (χ0n) is 14.3. The quantitative estimate of drug-likeness (QED) is 0.789. The van der Waals surface area contributed by atoms with Gasteiger partial charge in [-0.2, -0.15) is 0 Å². The molecule has 1 atom stereocenters. The highest BCUT2D eigenvalue weighted by Gasteiger charge is 2.36. The van der Waals surface area contributed by atoms with E-state index in [9.17, 15) is 9.59 Å². The van der Waals surface area contributed by atoms with Crippen LogP contribution in [0.5, 0.6) is 0 Å². The summed E-state index contributed by atoms with van der Waals surface area (Å²) in [6, 6.07) is 18.8. The second-order valence-corrected chi connectivity index (χ2v) is 6.43. The van der Waals surface area contributed by atoms with Crippen molar-refractivity contribution in [3.05, 3.63) is 72.4 Å². The Kier molecular flexibility index (Phi) is 4.35. The molecule has 0 saturated carbocycles. The van der Waals surface area contributed by atoms with Crippen LogP contribution in [0.3, 0.4) is 0 Å². The molecule has 1 saturated heterocycles. The summed E-state index contributed by atoms with van der Waals surface area (Å²) < 4.78 is 0. The summed E-state index contributed by atoms with van der Waals surface area (Å²) in [5, 5.41) is 3.93. The van der Waals surface area contributed by atoms with Crippen molar-refractivity contribution in [3.8, 4) is 0 Å². The molecule has 1 fully saturated rings. The van der Waals surface area contributed by atoms with Gasteiger partial charge in [-0.05, 0) is 24.1 Å². The number of carbonyl (C=O) groups is 2. The minimum absolute atomic E-state index is 0.0186. The first-order valence-electron chi connectivity index (χ1n) is 8.70. The Labute approximate surface area is 151 Å². The number of amides is 2. The summed E-state index contributed by atoms with van der Waals surface area (Å²) in [4.78, 5) is 31.2. The molecule has 26 heavy (non-hydrogen) atoms. The molecular formula is C21H19N3O2. The number of para-hydroxylation sites is 1. The number of fused-ring (bicyclic) bond motifs is 1. The molecule has 0 bridgehead atoms. The third-order valence-electron chi connectivity index (χ3n) is 4.72. The van der Waals surface area contributed by atoms with Crippen LogP contribution in [0.15, 0.2) is 66.9 Å². The van der Waals surface area contributed by atoms with Gasteiger partial charge in [0.2, 0.25) is 11.8 Å². The third-order valence-corrected chi connectivity index (χ3v) is 4.72. The van der Waals surface area contributed by atoms with Crippen LogP contribution in [0.1, 0.15) is 18.4 Å². The molecule has 0 radical (unpaired) electrons. The van der Waals surface area contributed by atoms with Crippen LogP contribution in [-0.2, 0) is 16.1 Å². The molecule has 1 aliphatic rings. The lowest BCUT2D eigenvalue weighted by atomic mass is 10.1. The number of carbonyl (C=O) groups excluding carboxylic acids is 2. The van der Waals surface area contributed by atoms with E-state index in [4.69, 9.17) is 0 Å². The number of nitrogens with one attached hydrogen (secondary N) is 1. The predicted octanol–water partition coefficient (Wildman–Crippen LogP) is 3.36. The molecule has 1 N–H and O–H groups in total. The van der Waals surface area contributed by atoms with Crippen LogP contribution >= 0.6 is 0 Å². The van der Waals surface area contributed by atoms with E-state index in [1.165, 1.54) is 0 Å². The standard InChI is InChI=1S/C21H19N3O2/c25-19-12-11-18(24(19)14-15-6-2-1-3-7-15)21(26)23-17-10-4-8-16-9-5-13-22-20(16)17/h1-10,13,18H,11-12,14H2,(H,23,26). The van der Waals surface area contributed by atoms with Crippen LogP contribution in [0, 0.1) is 0 Å². The Hall–Kier alpha value is -3.21. The lowest BCUT2D eigenvalue weighted by Gasteiger charge is -2.24. The molecule has 4 rings (SSSR count). The minimum Gasteiger partial charge on any atom is -0.326 e. The van der Waals surface area contributed by atoms with Crippen LogP contribution in [-0.4, -0.2) is 27.7 Å². The number of anilines is 1. The normalized spacial score (nSPS) is 16.8. The first kappa shape index (κ1) is 16.3. The molecule has 1 aliphatic heterocycles. The van der Waals surface area contributed by atoms with Gasteiger partial charge >= 0.3 is 0 Å². The lowest BCUT2D eigenvalue weighted by Crippen LogP contribution is -2.41. The summed E-state index contributed by atoms with van der Waals surface area (Å²) in [7, 11) is 0. The fourth-order valence-electron chi connectivity index (χ4n) is 3.41. The van der Waals surface area contributed by atoms with Crippen molar-refractivity contribution >= 4 is 28.4 Å². The van der Waals surface area contributed by atoms with Gasteiger partial charge in [-0.25, -0.2) is 0 Å². The van der Waals surface area contributed by atoms with E-state index in [1.807, 2.05) is 60.7 Å². The molecule has 5 nitrogen and oxygen atoms in total. The van der Waals surface area contributed by atoms with Gasteiger partial charge in [0, 0.05) is 24.5 Å². The van der Waals surface area contributed by atoms with Crippen LogP contribution in [0.25, 0.3) is 10.9 Å². The molecular weight excluding hydrogens is 326 g/mol. The second kappa shape index (κ2) is 6.96. The number of benzene rings is 2. The van der Waals surface area contributed by atoms with Crippen molar-refractivity contribution in [3.63, 3.8) is 0 Å². The van der Waals surface area contributed by atoms with E-state index in [1.54, 1.807) is 11.1 Å². The first-order chi connectivity index (χ1) is 12.7. The smallest absolute Gasteiger partial charge is 0.247 e. The van der Waals surface area contributed by atoms with E-state index in [0.717, 1.165) is 16.5 Å². The van der Waals surface area contributed by atoms with E-state index < -0.39 is 6.04 Å². The summed E-state index contributed by atoms with van der Waals surface area (Å²) in [6.45, 7) is 0.450. The Morgan fingerprint density at radius 3 is 2.73 bits per heavy atom. The molecule has 1 unspecified atom stereocenters. The second-order valence-electron chi connectivity index (χ2n) is 6.43. The molecule has 130 valence electrons. The van der Waals surface area contributed by atoms with Gasteiger partial charge in [0.05, 0.1) is 11.2 Å². The number of aromatic nitrogens is 1. The average molecular weight is 345 g/mol. The molecule has 0 spiro atoms. The number of hydrogen-bond acceptors (Lipinski definition) is 3. The predicted molar refractivity (Wildman–Crippen MR) is 100 cm³/mol. The fraction of sp³-hybridized carbons (Fsp3) is 0.190. The SMILES string of the molecule is O=C(Nc1cccc2cccnc12)C1CCC(=O)N1Cc1ccccc1. The lowest BCUT2D eigenvalue weighted by molar-refractivity contribution is -0.133. The highest BCUT2D eigenvalue weighted by Crippen LogP contribution is 2.25. The van der Waals surface area contributed by atoms with Crippen molar-refractivity contribution < 1.29 is 9.59 Å². The molecule has 2 heterocycles. The van der Waals surface area contributed by atoms with Crippen molar-refractivity contribution in [1.29, 1.82) is 0 Å². The van der Waals surface area contributed by atoms with Gasteiger partial charge in [0.25, 0.3) is 0 Å². The maximum atomic E-state index is 12.9. The van der Waals surface area contributed by atoms with Crippen molar-refractivity contribution in [2.24, 2.45) is 0 Å². The van der Waals surface area contributed by atoms with Crippen LogP contribution in [0.4, 0.5) is 5.69 Å². The first-order valence-corrected chi connectivity index (χ1v) is 8.70. The maximum absolute atomic E-state index is 12.9. The van der Waals surface area contributed by atoms with E-state index in [0.29, 0.717) is 25.1 Å². The number of nitrogens with zero attached hydrogens (tertiary/aromatic N) is 2. The van der Waals surface area contributed by atoms with Gasteiger partial charge in [0.1, 0.15) is 6.04 Å². The summed E-state index contributed by atoms with van der Waals surface area (Å²) in [6.07, 6.45) is 2.65. The zero-order chi connectivity index (χ0) is 17.9. The van der Waals surface area contributed by atoms with E-state index >= 15 is 0 Å². The highest BCUT2D eigenvalue weighted by atomic mass is 16.2. The minimum atomic E-state index is -0.457. The molecule has 0 aliphatic carbocycles.